The van der Waals surface area contributed by atoms with Crippen molar-refractivity contribution in [2.24, 2.45) is 0 Å². The highest BCUT2D eigenvalue weighted by Gasteiger charge is 2.21. The second-order valence-corrected chi connectivity index (χ2v) is 5.05. The molecule has 2 aliphatic heterocycles. The number of para-hydroxylation sites is 1. The molecule has 1 fully saturated rings. The highest BCUT2D eigenvalue weighted by Crippen LogP contribution is 2.35. The number of fused-ring (bicyclic) bond motifs is 1. The molecule has 0 bridgehead atoms. The van der Waals surface area contributed by atoms with Crippen LogP contribution in [0.3, 0.4) is 0 Å². The summed E-state index contributed by atoms with van der Waals surface area (Å²) in [5.74, 6) is 0. The van der Waals surface area contributed by atoms with Crippen LogP contribution in [0, 0.1) is 0 Å². The molecule has 0 aromatic heterocycles. The van der Waals surface area contributed by atoms with Gasteiger partial charge < -0.3 is 15.1 Å². The van der Waals surface area contributed by atoms with Crippen molar-refractivity contribution in [3.05, 3.63) is 23.8 Å². The van der Waals surface area contributed by atoms with Crippen LogP contribution in [0.4, 0.5) is 11.4 Å². The van der Waals surface area contributed by atoms with Gasteiger partial charge in [0.2, 0.25) is 0 Å². The first-order chi connectivity index (χ1) is 8.36. The molecule has 3 heteroatoms. The third kappa shape index (κ3) is 2.00. The van der Waals surface area contributed by atoms with Crippen molar-refractivity contribution in [3.8, 4) is 0 Å². The Labute approximate surface area is 103 Å². The van der Waals surface area contributed by atoms with Crippen molar-refractivity contribution in [1.29, 1.82) is 0 Å². The Morgan fingerprint density at radius 3 is 2.76 bits per heavy atom. The lowest BCUT2D eigenvalue weighted by Crippen LogP contribution is -2.44. The molecule has 2 heterocycles. The van der Waals surface area contributed by atoms with Gasteiger partial charge in [0.1, 0.15) is 0 Å². The van der Waals surface area contributed by atoms with Gasteiger partial charge in [-0.25, -0.2) is 0 Å². The number of hydrogen-bond donors (Lipinski definition) is 1. The van der Waals surface area contributed by atoms with Crippen molar-refractivity contribution < 1.29 is 0 Å². The Bertz CT molecular complexity index is 396. The molecule has 0 radical (unpaired) electrons. The van der Waals surface area contributed by atoms with E-state index in [0.717, 1.165) is 26.2 Å². The zero-order valence-electron chi connectivity index (χ0n) is 10.6. The minimum atomic E-state index is 1.10. The molecule has 0 amide bonds. The number of benzene rings is 1. The second kappa shape index (κ2) is 4.57. The quantitative estimate of drug-likeness (QED) is 0.790. The first-order valence-corrected chi connectivity index (χ1v) is 6.65. The minimum Gasteiger partial charge on any atom is -0.373 e. The number of nitrogens with one attached hydrogen (secondary N) is 1. The van der Waals surface area contributed by atoms with Crippen molar-refractivity contribution in [3.63, 3.8) is 0 Å². The zero-order valence-corrected chi connectivity index (χ0v) is 10.6. The van der Waals surface area contributed by atoms with Crippen LogP contribution >= 0.6 is 0 Å². The molecule has 17 heavy (non-hydrogen) atoms. The first kappa shape index (κ1) is 10.9. The van der Waals surface area contributed by atoms with E-state index >= 15 is 0 Å². The number of rotatable bonds is 1. The Balaban J connectivity index is 1.98. The molecular weight excluding hydrogens is 210 g/mol. The Morgan fingerprint density at radius 1 is 1.12 bits per heavy atom. The van der Waals surface area contributed by atoms with Crippen LogP contribution in [0.15, 0.2) is 18.2 Å². The van der Waals surface area contributed by atoms with Gasteiger partial charge in [-0.3, -0.25) is 0 Å². The summed E-state index contributed by atoms with van der Waals surface area (Å²) in [7, 11) is 2.23. The molecule has 92 valence electrons. The van der Waals surface area contributed by atoms with Gasteiger partial charge in [0.25, 0.3) is 0 Å². The summed E-state index contributed by atoms with van der Waals surface area (Å²) in [5.41, 5.74) is 4.43. The van der Waals surface area contributed by atoms with Crippen LogP contribution in [0.2, 0.25) is 0 Å². The maximum atomic E-state index is 3.42. The summed E-state index contributed by atoms with van der Waals surface area (Å²) in [6.45, 7) is 5.66. The van der Waals surface area contributed by atoms with Crippen molar-refractivity contribution in [2.45, 2.75) is 12.8 Å². The smallest absolute Gasteiger partial charge is 0.0634 e. The lowest BCUT2D eigenvalue weighted by atomic mass is 10.00. The summed E-state index contributed by atoms with van der Waals surface area (Å²) in [6, 6.07) is 6.79. The highest BCUT2D eigenvalue weighted by atomic mass is 15.2. The van der Waals surface area contributed by atoms with Crippen LogP contribution < -0.4 is 15.1 Å². The molecule has 2 aliphatic rings. The maximum Gasteiger partial charge on any atom is 0.0634 e. The molecule has 1 N–H and O–H groups in total. The fraction of sp³-hybridized carbons (Fsp3) is 0.571. The van der Waals surface area contributed by atoms with Crippen molar-refractivity contribution in [2.75, 3.05) is 49.6 Å². The fourth-order valence-electron chi connectivity index (χ4n) is 3.00. The predicted molar refractivity (Wildman–Crippen MR) is 73.1 cm³/mol. The van der Waals surface area contributed by atoms with E-state index in [1.165, 1.54) is 36.3 Å². The number of nitrogens with zero attached hydrogens (tertiary/aromatic N) is 2. The molecule has 1 aromatic carbocycles. The van der Waals surface area contributed by atoms with Gasteiger partial charge in [-0.05, 0) is 24.5 Å². The first-order valence-electron chi connectivity index (χ1n) is 6.65. The number of hydrogen-bond acceptors (Lipinski definition) is 3. The summed E-state index contributed by atoms with van der Waals surface area (Å²) in [5, 5.41) is 3.42. The van der Waals surface area contributed by atoms with E-state index in [1.54, 1.807) is 0 Å². The van der Waals surface area contributed by atoms with Gasteiger partial charge in [0.05, 0.1) is 11.4 Å². The van der Waals surface area contributed by atoms with Gasteiger partial charge >= 0.3 is 0 Å². The van der Waals surface area contributed by atoms with E-state index in [2.05, 4.69) is 40.4 Å². The standard InChI is InChI=1S/C14H21N3/c1-16-9-3-5-12-4-2-6-13(14(12)16)17-10-7-15-8-11-17/h2,4,6,15H,3,5,7-11H2,1H3. The third-order valence-corrected chi connectivity index (χ3v) is 3.88. The van der Waals surface area contributed by atoms with Gasteiger partial charge in [0.15, 0.2) is 0 Å². The summed E-state index contributed by atoms with van der Waals surface area (Å²) in [6.07, 6.45) is 2.52. The lowest BCUT2D eigenvalue weighted by molar-refractivity contribution is 0.588. The number of anilines is 2. The van der Waals surface area contributed by atoms with Crippen LogP contribution in [-0.4, -0.2) is 39.8 Å². The van der Waals surface area contributed by atoms with E-state index in [-0.39, 0.29) is 0 Å². The molecule has 0 aliphatic carbocycles. The summed E-state index contributed by atoms with van der Waals surface area (Å²) < 4.78 is 0. The summed E-state index contributed by atoms with van der Waals surface area (Å²) >= 11 is 0. The molecule has 3 nitrogen and oxygen atoms in total. The van der Waals surface area contributed by atoms with Gasteiger partial charge in [-0.2, -0.15) is 0 Å². The Kier molecular flexibility index (Phi) is 2.93. The topological polar surface area (TPSA) is 18.5 Å². The molecular formula is C14H21N3. The normalized spacial score (nSPS) is 20.3. The highest BCUT2D eigenvalue weighted by molar-refractivity contribution is 5.75. The maximum absolute atomic E-state index is 3.42. The van der Waals surface area contributed by atoms with E-state index in [1.807, 2.05) is 0 Å². The molecule has 1 saturated heterocycles. The average Bonchev–Trinajstić information content (AvgIpc) is 2.39. The van der Waals surface area contributed by atoms with E-state index in [9.17, 15) is 0 Å². The third-order valence-electron chi connectivity index (χ3n) is 3.88. The number of aryl methyl sites for hydroxylation is 1. The van der Waals surface area contributed by atoms with Gasteiger partial charge in [0, 0.05) is 39.8 Å². The van der Waals surface area contributed by atoms with Crippen LogP contribution in [-0.2, 0) is 6.42 Å². The molecule has 0 saturated carbocycles. The van der Waals surface area contributed by atoms with E-state index < -0.39 is 0 Å². The zero-order chi connectivity index (χ0) is 11.7. The Morgan fingerprint density at radius 2 is 1.94 bits per heavy atom. The summed E-state index contributed by atoms with van der Waals surface area (Å²) in [4.78, 5) is 4.95. The molecule has 0 unspecified atom stereocenters. The van der Waals surface area contributed by atoms with Gasteiger partial charge in [-0.15, -0.1) is 0 Å². The second-order valence-electron chi connectivity index (χ2n) is 5.05. The van der Waals surface area contributed by atoms with Crippen LogP contribution in [0.1, 0.15) is 12.0 Å². The van der Waals surface area contributed by atoms with Gasteiger partial charge in [-0.1, -0.05) is 12.1 Å². The van der Waals surface area contributed by atoms with Crippen molar-refractivity contribution >= 4 is 11.4 Å². The van der Waals surface area contributed by atoms with Crippen LogP contribution in [0.25, 0.3) is 0 Å². The molecule has 3 rings (SSSR count). The largest absolute Gasteiger partial charge is 0.373 e. The SMILES string of the molecule is CN1CCCc2cccc(N3CCNCC3)c21. The lowest BCUT2D eigenvalue weighted by Gasteiger charge is -2.36. The molecule has 0 atom stereocenters. The monoisotopic (exact) mass is 231 g/mol. The van der Waals surface area contributed by atoms with E-state index in [4.69, 9.17) is 0 Å². The molecule has 1 aromatic rings. The fourth-order valence-corrected chi connectivity index (χ4v) is 3.00. The van der Waals surface area contributed by atoms with Crippen LogP contribution in [0.5, 0.6) is 0 Å². The predicted octanol–water partition coefficient (Wildman–Crippen LogP) is 1.48. The Hall–Kier alpha value is -1.22. The van der Waals surface area contributed by atoms with E-state index in [0.29, 0.717) is 0 Å². The molecule has 0 spiro atoms. The number of piperazine rings is 1. The average molecular weight is 231 g/mol. The van der Waals surface area contributed by atoms with Crippen molar-refractivity contribution in [1.82, 2.24) is 5.32 Å². The minimum absolute atomic E-state index is 1.10.